The highest BCUT2D eigenvalue weighted by molar-refractivity contribution is 14.0. The maximum Gasteiger partial charge on any atom is 0.191 e. The third-order valence-corrected chi connectivity index (χ3v) is 6.19. The van der Waals surface area contributed by atoms with Gasteiger partial charge in [-0.25, -0.2) is 0 Å². The van der Waals surface area contributed by atoms with Gasteiger partial charge in [0, 0.05) is 30.6 Å². The number of halogens is 1. The Balaban J connectivity index is 0.00000320. The summed E-state index contributed by atoms with van der Waals surface area (Å²) in [6, 6.07) is 13.2. The molecule has 2 heterocycles. The van der Waals surface area contributed by atoms with Gasteiger partial charge in [0.25, 0.3) is 0 Å². The van der Waals surface area contributed by atoms with E-state index in [9.17, 15) is 0 Å². The molecule has 1 fully saturated rings. The molecule has 1 aromatic carbocycles. The van der Waals surface area contributed by atoms with Gasteiger partial charge in [-0.05, 0) is 51.0 Å². The van der Waals surface area contributed by atoms with Crippen molar-refractivity contribution in [2.24, 2.45) is 4.99 Å². The standard InChI is InChI=1S/C22H33N5OS.HI/c1-5-23-22(24-15-19(26(2)3)21-11-8-14-29-21)25-17-12-13-27(16-17)18-9-6-7-10-20(18)28-4;/h6-11,14,17,19H,5,12-13,15-16H2,1-4H3,(H2,23,24,25);1H. The summed E-state index contributed by atoms with van der Waals surface area (Å²) in [5.74, 6) is 1.82. The van der Waals surface area contributed by atoms with Crippen molar-refractivity contribution in [2.75, 3.05) is 52.3 Å². The number of methoxy groups -OCH3 is 1. The molecule has 1 aromatic heterocycles. The van der Waals surface area contributed by atoms with E-state index in [0.29, 0.717) is 12.1 Å². The molecule has 2 N–H and O–H groups in total. The van der Waals surface area contributed by atoms with Gasteiger partial charge in [0.1, 0.15) is 5.75 Å². The minimum Gasteiger partial charge on any atom is -0.495 e. The SMILES string of the molecule is CCNC(=NCC(c1cccs1)N(C)C)NC1CCN(c2ccccc2OC)C1.I. The maximum atomic E-state index is 5.53. The monoisotopic (exact) mass is 543 g/mol. The molecular formula is C22H34IN5OS. The van der Waals surface area contributed by atoms with Gasteiger partial charge in [0.15, 0.2) is 5.96 Å². The molecule has 1 aliphatic rings. The van der Waals surface area contributed by atoms with Crippen molar-refractivity contribution in [3.63, 3.8) is 0 Å². The molecule has 0 radical (unpaired) electrons. The molecule has 1 saturated heterocycles. The molecule has 2 atom stereocenters. The van der Waals surface area contributed by atoms with Crippen LogP contribution in [0.15, 0.2) is 46.8 Å². The Morgan fingerprint density at radius 2 is 2.10 bits per heavy atom. The highest BCUT2D eigenvalue weighted by Gasteiger charge is 2.25. The van der Waals surface area contributed by atoms with Crippen LogP contribution in [0.4, 0.5) is 5.69 Å². The van der Waals surface area contributed by atoms with Crippen molar-refractivity contribution in [2.45, 2.75) is 25.4 Å². The van der Waals surface area contributed by atoms with E-state index in [1.165, 1.54) is 4.88 Å². The van der Waals surface area contributed by atoms with Crippen molar-refractivity contribution in [1.82, 2.24) is 15.5 Å². The summed E-state index contributed by atoms with van der Waals surface area (Å²) in [6.45, 7) is 5.63. The van der Waals surface area contributed by atoms with E-state index in [0.717, 1.165) is 50.0 Å². The topological polar surface area (TPSA) is 52.1 Å². The first-order valence-electron chi connectivity index (χ1n) is 10.2. The predicted octanol–water partition coefficient (Wildman–Crippen LogP) is 3.81. The molecule has 2 unspecified atom stereocenters. The molecule has 1 aliphatic heterocycles. The number of anilines is 1. The van der Waals surface area contributed by atoms with Crippen LogP contribution in [0, 0.1) is 0 Å². The number of guanidine groups is 1. The first-order valence-corrected chi connectivity index (χ1v) is 11.1. The third kappa shape index (κ3) is 6.49. The van der Waals surface area contributed by atoms with E-state index >= 15 is 0 Å². The van der Waals surface area contributed by atoms with Crippen LogP contribution in [0.2, 0.25) is 0 Å². The zero-order valence-electron chi connectivity index (χ0n) is 18.3. The molecule has 3 rings (SSSR count). The summed E-state index contributed by atoms with van der Waals surface area (Å²) >= 11 is 1.79. The number of thiophene rings is 1. The normalized spacial score (nSPS) is 17.6. The van der Waals surface area contributed by atoms with E-state index in [-0.39, 0.29) is 24.0 Å². The summed E-state index contributed by atoms with van der Waals surface area (Å²) in [5.41, 5.74) is 1.16. The zero-order valence-corrected chi connectivity index (χ0v) is 21.4. The van der Waals surface area contributed by atoms with Gasteiger partial charge in [-0.1, -0.05) is 18.2 Å². The largest absolute Gasteiger partial charge is 0.495 e. The minimum atomic E-state index is 0. The molecule has 0 saturated carbocycles. The quantitative estimate of drug-likeness (QED) is 0.302. The second kappa shape index (κ2) is 12.4. The lowest BCUT2D eigenvalue weighted by molar-refractivity contribution is 0.310. The van der Waals surface area contributed by atoms with Gasteiger partial charge in [-0.2, -0.15) is 0 Å². The fraction of sp³-hybridized carbons (Fsp3) is 0.500. The number of likely N-dealkylation sites (N-methyl/N-ethyl adjacent to an activating group) is 1. The number of para-hydroxylation sites is 2. The number of hydrogen-bond donors (Lipinski definition) is 2. The molecule has 166 valence electrons. The summed E-state index contributed by atoms with van der Waals surface area (Å²) in [6.07, 6.45) is 1.07. The summed E-state index contributed by atoms with van der Waals surface area (Å²) in [5, 5.41) is 9.17. The van der Waals surface area contributed by atoms with E-state index in [1.807, 2.05) is 12.1 Å². The average molecular weight is 544 g/mol. The van der Waals surface area contributed by atoms with Crippen LogP contribution < -0.4 is 20.3 Å². The van der Waals surface area contributed by atoms with Gasteiger partial charge in [-0.3, -0.25) is 4.99 Å². The second-order valence-electron chi connectivity index (χ2n) is 7.46. The number of rotatable bonds is 8. The number of nitrogens with one attached hydrogen (secondary N) is 2. The van der Waals surface area contributed by atoms with Crippen LogP contribution >= 0.6 is 35.3 Å². The van der Waals surface area contributed by atoms with Crippen LogP contribution in [-0.2, 0) is 0 Å². The average Bonchev–Trinajstić information content (AvgIpc) is 3.40. The zero-order chi connectivity index (χ0) is 20.6. The summed E-state index contributed by atoms with van der Waals surface area (Å²) in [7, 11) is 5.96. The first kappa shape index (κ1) is 24.7. The Bertz CT molecular complexity index is 784. The smallest absolute Gasteiger partial charge is 0.191 e. The van der Waals surface area contributed by atoms with Gasteiger partial charge in [-0.15, -0.1) is 35.3 Å². The van der Waals surface area contributed by atoms with Crippen molar-refractivity contribution < 1.29 is 4.74 Å². The number of hydrogen-bond acceptors (Lipinski definition) is 5. The van der Waals surface area contributed by atoms with Crippen LogP contribution in [-0.4, -0.2) is 64.3 Å². The Kier molecular flexibility index (Phi) is 10.2. The van der Waals surface area contributed by atoms with Gasteiger partial charge in [0.2, 0.25) is 0 Å². The Hall–Kier alpha value is -1.52. The lowest BCUT2D eigenvalue weighted by Crippen LogP contribution is -2.45. The Labute approximate surface area is 201 Å². The summed E-state index contributed by atoms with van der Waals surface area (Å²) in [4.78, 5) is 10.9. The predicted molar refractivity (Wildman–Crippen MR) is 139 cm³/mol. The third-order valence-electron chi connectivity index (χ3n) is 5.22. The van der Waals surface area contributed by atoms with Crippen LogP contribution in [0.3, 0.4) is 0 Å². The molecular weight excluding hydrogens is 509 g/mol. The number of nitrogens with zero attached hydrogens (tertiary/aromatic N) is 3. The number of aliphatic imine (C=N–C) groups is 1. The molecule has 2 aromatic rings. The Morgan fingerprint density at radius 1 is 1.30 bits per heavy atom. The van der Waals surface area contributed by atoms with Crippen LogP contribution in [0.25, 0.3) is 0 Å². The fourth-order valence-electron chi connectivity index (χ4n) is 3.67. The van der Waals surface area contributed by atoms with Gasteiger partial charge < -0.3 is 25.2 Å². The van der Waals surface area contributed by atoms with Crippen molar-refractivity contribution in [3.05, 3.63) is 46.7 Å². The van der Waals surface area contributed by atoms with Crippen molar-refractivity contribution >= 4 is 47.0 Å². The molecule has 0 amide bonds. The second-order valence-corrected chi connectivity index (χ2v) is 8.44. The van der Waals surface area contributed by atoms with Crippen molar-refractivity contribution in [3.8, 4) is 5.75 Å². The highest BCUT2D eigenvalue weighted by Crippen LogP contribution is 2.30. The minimum absolute atomic E-state index is 0. The van der Waals surface area contributed by atoms with Gasteiger partial charge in [0.05, 0.1) is 25.4 Å². The van der Waals surface area contributed by atoms with Crippen LogP contribution in [0.5, 0.6) is 5.75 Å². The van der Waals surface area contributed by atoms with Gasteiger partial charge >= 0.3 is 0 Å². The molecule has 0 spiro atoms. The highest BCUT2D eigenvalue weighted by atomic mass is 127. The molecule has 6 nitrogen and oxygen atoms in total. The van der Waals surface area contributed by atoms with Crippen LogP contribution in [0.1, 0.15) is 24.3 Å². The number of ether oxygens (including phenoxy) is 1. The van der Waals surface area contributed by atoms with Crippen molar-refractivity contribution in [1.29, 1.82) is 0 Å². The summed E-state index contributed by atoms with van der Waals surface area (Å²) < 4.78 is 5.53. The van der Waals surface area contributed by atoms with E-state index in [4.69, 9.17) is 9.73 Å². The Morgan fingerprint density at radius 3 is 2.77 bits per heavy atom. The molecule has 0 bridgehead atoms. The van der Waals surface area contributed by atoms with E-state index in [1.54, 1.807) is 18.4 Å². The van der Waals surface area contributed by atoms with E-state index < -0.39 is 0 Å². The maximum absolute atomic E-state index is 5.53. The molecule has 30 heavy (non-hydrogen) atoms. The lowest BCUT2D eigenvalue weighted by Gasteiger charge is -2.24. The lowest BCUT2D eigenvalue weighted by atomic mass is 10.2. The molecule has 8 heteroatoms. The van der Waals surface area contributed by atoms with E-state index in [2.05, 4.69) is 71.1 Å². The fourth-order valence-corrected chi connectivity index (χ4v) is 4.58. The number of benzene rings is 1. The first-order chi connectivity index (χ1) is 14.1. The molecule has 0 aliphatic carbocycles.